The molecule has 0 radical (unpaired) electrons. The van der Waals surface area contributed by atoms with Crippen molar-refractivity contribution in [2.75, 3.05) is 6.79 Å². The van der Waals surface area contributed by atoms with E-state index in [2.05, 4.69) is 5.10 Å². The Morgan fingerprint density at radius 2 is 1.81 bits per heavy atom. The fourth-order valence-corrected chi connectivity index (χ4v) is 3.73. The quantitative estimate of drug-likeness (QED) is 0.340. The van der Waals surface area contributed by atoms with E-state index in [4.69, 9.17) is 37.4 Å². The topological polar surface area (TPSA) is 62.6 Å². The highest BCUT2D eigenvalue weighted by molar-refractivity contribution is 6.31. The summed E-state index contributed by atoms with van der Waals surface area (Å²) >= 11 is 12.5. The van der Waals surface area contributed by atoms with Crippen molar-refractivity contribution in [2.24, 2.45) is 0 Å². The maximum absolute atomic E-state index is 13.2. The van der Waals surface area contributed by atoms with Crippen LogP contribution >= 0.6 is 23.2 Å². The summed E-state index contributed by atoms with van der Waals surface area (Å²) < 4.78 is 18.3. The van der Waals surface area contributed by atoms with E-state index in [1.54, 1.807) is 41.2 Å². The Morgan fingerprint density at radius 3 is 2.62 bits per heavy atom. The van der Waals surface area contributed by atoms with Crippen LogP contribution in [0.3, 0.4) is 0 Å². The molecule has 4 aromatic rings. The van der Waals surface area contributed by atoms with Gasteiger partial charge in [0.15, 0.2) is 17.3 Å². The summed E-state index contributed by atoms with van der Waals surface area (Å²) in [7, 11) is 0. The summed E-state index contributed by atoms with van der Waals surface area (Å²) in [5.74, 6) is 1.34. The van der Waals surface area contributed by atoms with Crippen LogP contribution < -0.4 is 14.2 Å². The van der Waals surface area contributed by atoms with Gasteiger partial charge in [-0.25, -0.2) is 4.68 Å². The van der Waals surface area contributed by atoms with Crippen LogP contribution in [0.2, 0.25) is 10.0 Å². The van der Waals surface area contributed by atoms with Crippen molar-refractivity contribution in [3.05, 3.63) is 99.8 Å². The first-order valence-electron chi connectivity index (χ1n) is 9.73. The average Bonchev–Trinajstić information content (AvgIpc) is 3.48. The minimum absolute atomic E-state index is 0.140. The summed E-state index contributed by atoms with van der Waals surface area (Å²) in [6.07, 6.45) is 3.20. The van der Waals surface area contributed by atoms with Crippen molar-refractivity contribution in [2.45, 2.75) is 6.61 Å². The first kappa shape index (κ1) is 20.4. The number of hydrogen-bond donors (Lipinski definition) is 0. The number of carbonyl (C=O) groups is 1. The van der Waals surface area contributed by atoms with E-state index in [9.17, 15) is 4.79 Å². The van der Waals surface area contributed by atoms with Crippen LogP contribution in [-0.4, -0.2) is 22.4 Å². The summed E-state index contributed by atoms with van der Waals surface area (Å²) in [4.78, 5) is 13.2. The van der Waals surface area contributed by atoms with E-state index in [1.165, 1.54) is 6.20 Å². The number of para-hydroxylation sites is 1. The van der Waals surface area contributed by atoms with Crippen molar-refractivity contribution in [1.29, 1.82) is 0 Å². The molecule has 0 N–H and O–H groups in total. The number of nitrogens with zero attached hydrogens (tertiary/aromatic N) is 2. The Balaban J connectivity index is 1.40. The van der Waals surface area contributed by atoms with Gasteiger partial charge in [0.1, 0.15) is 12.4 Å². The zero-order valence-electron chi connectivity index (χ0n) is 16.6. The number of halogens is 2. The Morgan fingerprint density at radius 1 is 1.03 bits per heavy atom. The molecule has 3 aromatic carbocycles. The third-order valence-corrected chi connectivity index (χ3v) is 5.56. The number of ketones is 1. The lowest BCUT2D eigenvalue weighted by Gasteiger charge is -2.12. The van der Waals surface area contributed by atoms with Crippen LogP contribution in [0.4, 0.5) is 0 Å². The highest BCUT2D eigenvalue weighted by Crippen LogP contribution is 2.37. The Labute approximate surface area is 193 Å². The lowest BCUT2D eigenvalue weighted by atomic mass is 10.1. The van der Waals surface area contributed by atoms with E-state index in [-0.39, 0.29) is 19.2 Å². The molecule has 0 unspecified atom stereocenters. The van der Waals surface area contributed by atoms with E-state index in [0.717, 1.165) is 5.69 Å². The van der Waals surface area contributed by atoms with Crippen molar-refractivity contribution in [3.8, 4) is 22.9 Å². The maximum Gasteiger partial charge on any atom is 0.231 e. The molecule has 5 rings (SSSR count). The van der Waals surface area contributed by atoms with Gasteiger partial charge in [0.25, 0.3) is 0 Å². The number of rotatable bonds is 6. The number of hydrogen-bond acceptors (Lipinski definition) is 5. The molecular weight excluding hydrogens is 451 g/mol. The number of carbonyl (C=O) groups excluding carboxylic acids is 1. The van der Waals surface area contributed by atoms with E-state index >= 15 is 0 Å². The molecule has 0 aliphatic carbocycles. The number of benzene rings is 3. The van der Waals surface area contributed by atoms with Gasteiger partial charge >= 0.3 is 0 Å². The average molecular weight is 467 g/mol. The number of aromatic nitrogens is 2. The predicted molar refractivity (Wildman–Crippen MR) is 120 cm³/mol. The largest absolute Gasteiger partial charge is 0.488 e. The Bertz CT molecular complexity index is 1300. The molecule has 0 saturated carbocycles. The molecule has 8 heteroatoms. The zero-order valence-corrected chi connectivity index (χ0v) is 18.1. The summed E-state index contributed by atoms with van der Waals surface area (Å²) in [6.45, 7) is 0.295. The highest BCUT2D eigenvalue weighted by Gasteiger charge is 2.20. The van der Waals surface area contributed by atoms with Gasteiger partial charge in [-0.1, -0.05) is 41.4 Å². The standard InChI is InChI=1S/C24H16Cl2N2O4/c25-17-6-7-21(30-13-15-8-22-23(10-20(15)26)32-14-31-22)19(9-17)24(29)16-11-27-28(12-16)18-4-2-1-3-5-18/h1-12H,13-14H2. The minimum Gasteiger partial charge on any atom is -0.488 e. The predicted octanol–water partition coefficient (Wildman–Crippen LogP) is 5.72. The lowest BCUT2D eigenvalue weighted by Crippen LogP contribution is -2.06. The van der Waals surface area contributed by atoms with Crippen LogP contribution in [-0.2, 0) is 6.61 Å². The number of fused-ring (bicyclic) bond motifs is 1. The molecule has 0 saturated heterocycles. The van der Waals surface area contributed by atoms with Crippen molar-refractivity contribution >= 4 is 29.0 Å². The third kappa shape index (κ3) is 4.02. The molecule has 1 aliphatic rings. The van der Waals surface area contributed by atoms with Gasteiger partial charge in [-0.15, -0.1) is 0 Å². The Hall–Kier alpha value is -3.48. The summed E-state index contributed by atoms with van der Waals surface area (Å²) in [5, 5.41) is 5.22. The maximum atomic E-state index is 13.2. The van der Waals surface area contributed by atoms with Gasteiger partial charge in [0.05, 0.1) is 28.0 Å². The molecule has 0 atom stereocenters. The fourth-order valence-electron chi connectivity index (χ4n) is 3.35. The van der Waals surface area contributed by atoms with Crippen molar-refractivity contribution in [3.63, 3.8) is 0 Å². The van der Waals surface area contributed by atoms with Crippen molar-refractivity contribution < 1.29 is 19.0 Å². The molecule has 6 nitrogen and oxygen atoms in total. The van der Waals surface area contributed by atoms with Crippen molar-refractivity contribution in [1.82, 2.24) is 9.78 Å². The van der Waals surface area contributed by atoms with Crippen LogP contribution in [0, 0.1) is 0 Å². The number of ether oxygens (including phenoxy) is 3. The van der Waals surface area contributed by atoms with Gasteiger partial charge in [0.2, 0.25) is 6.79 Å². The van der Waals surface area contributed by atoms with E-state index < -0.39 is 0 Å². The molecule has 2 heterocycles. The summed E-state index contributed by atoms with van der Waals surface area (Å²) in [6, 6.07) is 17.9. The second kappa shape index (κ2) is 8.57. The van der Waals surface area contributed by atoms with E-state index in [0.29, 0.717) is 44.0 Å². The minimum atomic E-state index is -0.249. The van der Waals surface area contributed by atoms with Gasteiger partial charge in [-0.2, -0.15) is 5.10 Å². The first-order valence-corrected chi connectivity index (χ1v) is 10.5. The van der Waals surface area contributed by atoms with E-state index in [1.807, 2.05) is 30.3 Å². The van der Waals surface area contributed by atoms with Gasteiger partial charge in [-0.3, -0.25) is 4.79 Å². The molecular formula is C24H16Cl2N2O4. The molecule has 160 valence electrons. The fraction of sp³-hybridized carbons (Fsp3) is 0.0833. The smallest absolute Gasteiger partial charge is 0.231 e. The first-order chi connectivity index (χ1) is 15.6. The van der Waals surface area contributed by atoms with Gasteiger partial charge < -0.3 is 14.2 Å². The Kier molecular flexibility index (Phi) is 5.47. The van der Waals surface area contributed by atoms with Gasteiger partial charge in [0, 0.05) is 22.8 Å². The molecule has 1 aromatic heterocycles. The molecule has 0 bridgehead atoms. The molecule has 0 amide bonds. The lowest BCUT2D eigenvalue weighted by molar-refractivity contribution is 0.103. The molecule has 0 spiro atoms. The highest BCUT2D eigenvalue weighted by atomic mass is 35.5. The summed E-state index contributed by atoms with van der Waals surface area (Å²) in [5.41, 5.74) is 2.32. The van der Waals surface area contributed by atoms with Crippen LogP contribution in [0.15, 0.2) is 73.1 Å². The normalized spacial score (nSPS) is 12.1. The van der Waals surface area contributed by atoms with Crippen LogP contribution in [0.5, 0.6) is 17.2 Å². The third-order valence-electron chi connectivity index (χ3n) is 4.98. The second-order valence-corrected chi connectivity index (χ2v) is 7.91. The van der Waals surface area contributed by atoms with Gasteiger partial charge in [-0.05, 0) is 36.4 Å². The van der Waals surface area contributed by atoms with Crippen LogP contribution in [0.25, 0.3) is 5.69 Å². The second-order valence-electron chi connectivity index (χ2n) is 7.06. The monoisotopic (exact) mass is 466 g/mol. The van der Waals surface area contributed by atoms with Crippen LogP contribution in [0.1, 0.15) is 21.5 Å². The SMILES string of the molecule is O=C(c1cnn(-c2ccccc2)c1)c1cc(Cl)ccc1OCc1cc2c(cc1Cl)OCO2. The molecule has 1 aliphatic heterocycles. The zero-order chi connectivity index (χ0) is 22.1. The molecule has 32 heavy (non-hydrogen) atoms. The molecule has 0 fully saturated rings.